The summed E-state index contributed by atoms with van der Waals surface area (Å²) >= 11 is 0. The van der Waals surface area contributed by atoms with Gasteiger partial charge in [0.25, 0.3) is 0 Å². The van der Waals surface area contributed by atoms with E-state index in [1.165, 1.54) is 270 Å². The van der Waals surface area contributed by atoms with Crippen molar-refractivity contribution in [1.82, 2.24) is 0 Å². The van der Waals surface area contributed by atoms with Gasteiger partial charge >= 0.3 is 39.5 Å². The molecule has 106 heavy (non-hydrogen) atoms. The Kier molecular flexibility index (Phi) is 75.6. The lowest BCUT2D eigenvalue weighted by molar-refractivity contribution is -0.161. The molecule has 0 saturated carbocycles. The number of carbonyl (C=O) groups is 4. The van der Waals surface area contributed by atoms with Gasteiger partial charge in [-0.3, -0.25) is 37.3 Å². The van der Waals surface area contributed by atoms with Gasteiger partial charge in [0.05, 0.1) is 26.4 Å². The average molecular weight is 1550 g/mol. The zero-order valence-electron chi connectivity index (χ0n) is 69.9. The largest absolute Gasteiger partial charge is 0.472 e. The highest BCUT2D eigenvalue weighted by molar-refractivity contribution is 7.47. The molecule has 3 N–H and O–H groups in total. The van der Waals surface area contributed by atoms with E-state index in [2.05, 4.69) is 48.5 Å². The summed E-state index contributed by atoms with van der Waals surface area (Å²) in [5.74, 6) is 0.295. The van der Waals surface area contributed by atoms with Crippen molar-refractivity contribution in [1.29, 1.82) is 0 Å². The van der Waals surface area contributed by atoms with Crippen LogP contribution in [0.3, 0.4) is 0 Å². The van der Waals surface area contributed by atoms with Crippen LogP contribution in [0.25, 0.3) is 0 Å². The molecule has 0 aromatic carbocycles. The summed E-state index contributed by atoms with van der Waals surface area (Å²) in [7, 11) is -9.93. The molecule has 0 aromatic heterocycles. The maximum absolute atomic E-state index is 13.2. The standard InChI is InChI=1S/C87H170O17P2/c1-8-11-12-13-14-15-16-17-18-19-20-24-27-30-33-39-47-54-61-68-84(89)97-74-82(103-86(91)70-63-56-49-40-34-31-28-25-22-21-23-26-29-32-37-45-52-59-66-79(6)9-2)76-101-105(93,94)99-72-81(88)73-100-106(95,96)102-77-83(75-98-85(90)69-62-55-48-43-42-44-51-58-65-78(4)5)104-87(92)71-64-57-50-41-36-35-38-46-53-60-67-80(7)10-3/h78-83,88H,8-77H2,1-7H3,(H,93,94)(H,95,96)/t79?,80?,81-,82-,83-/m1/s1. The van der Waals surface area contributed by atoms with Gasteiger partial charge in [-0.1, -0.05) is 408 Å². The molecule has 7 atom stereocenters. The van der Waals surface area contributed by atoms with Gasteiger partial charge in [0.1, 0.15) is 19.3 Å². The summed E-state index contributed by atoms with van der Waals surface area (Å²) < 4.78 is 68.9. The number of ether oxygens (including phenoxy) is 4. The summed E-state index contributed by atoms with van der Waals surface area (Å²) in [6.45, 7) is 12.0. The van der Waals surface area contributed by atoms with Crippen LogP contribution in [0.15, 0.2) is 0 Å². The Morgan fingerprint density at radius 3 is 0.717 bits per heavy atom. The molecule has 0 spiro atoms. The number of hydrogen-bond acceptors (Lipinski definition) is 15. The van der Waals surface area contributed by atoms with E-state index in [1.54, 1.807) is 0 Å². The quantitative estimate of drug-likeness (QED) is 0.0222. The molecule has 0 bridgehead atoms. The summed E-state index contributed by atoms with van der Waals surface area (Å²) in [6, 6.07) is 0. The minimum absolute atomic E-state index is 0.106. The van der Waals surface area contributed by atoms with Crippen molar-refractivity contribution in [2.75, 3.05) is 39.6 Å². The molecule has 0 aliphatic carbocycles. The van der Waals surface area contributed by atoms with Gasteiger partial charge < -0.3 is 33.8 Å². The first kappa shape index (κ1) is 104. The minimum Gasteiger partial charge on any atom is -0.462 e. The highest BCUT2D eigenvalue weighted by atomic mass is 31.2. The fourth-order valence-electron chi connectivity index (χ4n) is 13.5. The Balaban J connectivity index is 5.23. The number of rotatable bonds is 85. The Morgan fingerprint density at radius 2 is 0.481 bits per heavy atom. The summed E-state index contributed by atoms with van der Waals surface area (Å²) in [5.41, 5.74) is 0. The molecule has 0 heterocycles. The number of esters is 4. The van der Waals surface area contributed by atoms with Crippen LogP contribution in [0.1, 0.15) is 459 Å². The fourth-order valence-corrected chi connectivity index (χ4v) is 15.1. The van der Waals surface area contributed by atoms with E-state index in [0.717, 1.165) is 108 Å². The number of hydrogen-bond donors (Lipinski definition) is 3. The predicted molar refractivity (Wildman–Crippen MR) is 437 cm³/mol. The van der Waals surface area contributed by atoms with Crippen molar-refractivity contribution in [3.05, 3.63) is 0 Å². The van der Waals surface area contributed by atoms with Gasteiger partial charge in [0.2, 0.25) is 0 Å². The second kappa shape index (κ2) is 77.0. The third kappa shape index (κ3) is 77.4. The highest BCUT2D eigenvalue weighted by Crippen LogP contribution is 2.45. The van der Waals surface area contributed by atoms with Crippen LogP contribution in [0.4, 0.5) is 0 Å². The number of aliphatic hydroxyl groups excluding tert-OH is 1. The maximum Gasteiger partial charge on any atom is 0.472 e. The maximum atomic E-state index is 13.2. The first-order valence-corrected chi connectivity index (χ1v) is 47.9. The first-order chi connectivity index (χ1) is 51.3. The van der Waals surface area contributed by atoms with Gasteiger partial charge in [0, 0.05) is 25.7 Å². The molecule has 4 unspecified atom stereocenters. The van der Waals surface area contributed by atoms with Gasteiger partial charge in [0.15, 0.2) is 12.2 Å². The molecular weight excluding hydrogens is 1380 g/mol. The smallest absolute Gasteiger partial charge is 0.462 e. The number of unbranched alkanes of at least 4 members (excludes halogenated alkanes) is 51. The Morgan fingerprint density at radius 1 is 0.274 bits per heavy atom. The predicted octanol–water partition coefficient (Wildman–Crippen LogP) is 26.5. The van der Waals surface area contributed by atoms with Crippen molar-refractivity contribution in [3.8, 4) is 0 Å². The van der Waals surface area contributed by atoms with E-state index in [4.69, 9.17) is 37.0 Å². The zero-order valence-corrected chi connectivity index (χ0v) is 71.7. The van der Waals surface area contributed by atoms with Gasteiger partial charge in [-0.05, 0) is 43.4 Å². The fraction of sp³-hybridized carbons (Fsp3) is 0.954. The van der Waals surface area contributed by atoms with Crippen LogP contribution >= 0.6 is 15.6 Å². The zero-order chi connectivity index (χ0) is 77.9. The highest BCUT2D eigenvalue weighted by Gasteiger charge is 2.31. The molecule has 0 radical (unpaired) electrons. The first-order valence-electron chi connectivity index (χ1n) is 44.9. The molecule has 0 aliphatic rings. The van der Waals surface area contributed by atoms with Crippen molar-refractivity contribution in [2.24, 2.45) is 17.8 Å². The Hall–Kier alpha value is -1.94. The second-order valence-corrected chi connectivity index (χ2v) is 35.1. The van der Waals surface area contributed by atoms with E-state index in [1.807, 2.05) is 0 Å². The molecule has 17 nitrogen and oxygen atoms in total. The normalized spacial score (nSPS) is 14.4. The molecule has 0 aromatic rings. The van der Waals surface area contributed by atoms with Gasteiger partial charge in [-0.15, -0.1) is 0 Å². The molecule has 0 aliphatic heterocycles. The average Bonchev–Trinajstić information content (AvgIpc) is 0.907. The van der Waals surface area contributed by atoms with Gasteiger partial charge in [-0.25, -0.2) is 9.13 Å². The second-order valence-electron chi connectivity index (χ2n) is 32.2. The molecule has 630 valence electrons. The van der Waals surface area contributed by atoms with Crippen molar-refractivity contribution in [3.63, 3.8) is 0 Å². The number of phosphoric acid groups is 2. The van der Waals surface area contributed by atoms with Crippen LogP contribution in [0.5, 0.6) is 0 Å². The van der Waals surface area contributed by atoms with Crippen LogP contribution in [0, 0.1) is 17.8 Å². The molecule has 0 rings (SSSR count). The summed E-state index contributed by atoms with van der Waals surface area (Å²) in [6.07, 6.45) is 68.0. The topological polar surface area (TPSA) is 237 Å². The van der Waals surface area contributed by atoms with Crippen LogP contribution < -0.4 is 0 Å². The van der Waals surface area contributed by atoms with Crippen molar-refractivity contribution < 1.29 is 80.2 Å². The number of carbonyl (C=O) groups excluding carboxylic acids is 4. The summed E-state index contributed by atoms with van der Waals surface area (Å²) in [4.78, 5) is 73.2. The minimum atomic E-state index is -4.97. The molecule has 0 amide bonds. The van der Waals surface area contributed by atoms with E-state index in [-0.39, 0.29) is 25.7 Å². The Labute approximate surface area is 651 Å². The van der Waals surface area contributed by atoms with Crippen molar-refractivity contribution >= 4 is 39.5 Å². The number of phosphoric ester groups is 2. The van der Waals surface area contributed by atoms with E-state index >= 15 is 0 Å². The molecular formula is C87H170O17P2. The van der Waals surface area contributed by atoms with Crippen LogP contribution in [-0.4, -0.2) is 96.7 Å². The monoisotopic (exact) mass is 1550 g/mol. The SMILES string of the molecule is CCCCCCCCCCCCCCCCCCCCCC(=O)OC[C@H](COP(=O)(O)OC[C@@H](O)COP(=O)(O)OC[C@@H](COC(=O)CCCCCCCCCCC(C)C)OC(=O)CCCCCCCCCCCCC(C)CC)OC(=O)CCCCCCCCCCCCCCCCCCCCC(C)CC. The molecule has 0 fully saturated rings. The third-order valence-electron chi connectivity index (χ3n) is 21.1. The number of aliphatic hydroxyl groups is 1. The third-order valence-corrected chi connectivity index (χ3v) is 23.0. The van der Waals surface area contributed by atoms with Crippen LogP contribution in [0.2, 0.25) is 0 Å². The van der Waals surface area contributed by atoms with Crippen molar-refractivity contribution in [2.45, 2.75) is 478 Å². The molecule has 0 saturated heterocycles. The summed E-state index contributed by atoms with van der Waals surface area (Å²) in [5, 5.41) is 10.7. The lowest BCUT2D eigenvalue weighted by Crippen LogP contribution is -2.30. The van der Waals surface area contributed by atoms with E-state index in [0.29, 0.717) is 25.7 Å². The van der Waals surface area contributed by atoms with Gasteiger partial charge in [-0.2, -0.15) is 0 Å². The van der Waals surface area contributed by atoms with E-state index < -0.39 is 97.5 Å². The molecule has 19 heteroatoms. The lowest BCUT2D eigenvalue weighted by Gasteiger charge is -2.21. The van der Waals surface area contributed by atoms with Crippen LogP contribution in [-0.2, 0) is 65.4 Å². The Bertz CT molecular complexity index is 2050. The van der Waals surface area contributed by atoms with E-state index in [9.17, 15) is 43.2 Å². The lowest BCUT2D eigenvalue weighted by atomic mass is 9.99.